The zero-order valence-corrected chi connectivity index (χ0v) is 10.8. The van der Waals surface area contributed by atoms with Crippen LogP contribution in [0.3, 0.4) is 0 Å². The molecule has 0 radical (unpaired) electrons. The highest BCUT2D eigenvalue weighted by Gasteiger charge is 2.32. The molecular weight excluding hydrogens is 267 g/mol. The van der Waals surface area contributed by atoms with Crippen molar-refractivity contribution < 1.29 is 13.2 Å². The molecule has 0 aliphatic carbocycles. The molecule has 3 heterocycles. The van der Waals surface area contributed by atoms with Gasteiger partial charge in [0.25, 0.3) is 0 Å². The molecule has 2 aromatic rings. The van der Waals surface area contributed by atoms with Crippen LogP contribution in [0.25, 0.3) is 0 Å². The van der Waals surface area contributed by atoms with Crippen molar-refractivity contribution in [3.8, 4) is 0 Å². The molecule has 0 amide bonds. The summed E-state index contributed by atoms with van der Waals surface area (Å²) < 4.78 is 38.6. The average molecular weight is 279 g/mol. The van der Waals surface area contributed by atoms with Gasteiger partial charge in [-0.3, -0.25) is 4.98 Å². The fraction of sp³-hybridized carbons (Fsp3) is 0.286. The molecule has 0 spiro atoms. The summed E-state index contributed by atoms with van der Waals surface area (Å²) in [4.78, 5) is 10.0. The van der Waals surface area contributed by atoms with Gasteiger partial charge in [-0.2, -0.15) is 13.2 Å². The first kappa shape index (κ1) is 12.9. The normalized spacial score (nSPS) is 14.5. The molecule has 2 aromatic heterocycles. The number of aromatic nitrogens is 2. The molecule has 0 saturated heterocycles. The van der Waals surface area contributed by atoms with Crippen LogP contribution in [-0.4, -0.2) is 16.5 Å². The third-order valence-corrected chi connectivity index (χ3v) is 3.33. The first-order valence-electron chi connectivity index (χ1n) is 6.21. The molecular formula is C14H12F3N3. The summed E-state index contributed by atoms with van der Waals surface area (Å²) in [6.45, 7) is 2.19. The van der Waals surface area contributed by atoms with Crippen LogP contribution in [-0.2, 0) is 12.6 Å². The summed E-state index contributed by atoms with van der Waals surface area (Å²) >= 11 is 0. The lowest BCUT2D eigenvalue weighted by Crippen LogP contribution is -2.17. The number of aryl methyl sites for hydroxylation is 1. The van der Waals surface area contributed by atoms with Gasteiger partial charge in [0.05, 0.1) is 17.4 Å². The van der Waals surface area contributed by atoms with Crippen LogP contribution in [0.1, 0.15) is 16.8 Å². The van der Waals surface area contributed by atoms with Crippen LogP contribution in [0.4, 0.5) is 24.7 Å². The maximum absolute atomic E-state index is 12.9. The third kappa shape index (κ3) is 2.21. The summed E-state index contributed by atoms with van der Waals surface area (Å²) in [7, 11) is 0. The second-order valence-electron chi connectivity index (χ2n) is 4.76. The highest BCUT2D eigenvalue weighted by molar-refractivity contribution is 5.67. The average Bonchev–Trinajstić information content (AvgIpc) is 2.80. The number of hydrogen-bond acceptors (Lipinski definition) is 3. The van der Waals surface area contributed by atoms with Crippen LogP contribution in [0.15, 0.2) is 30.6 Å². The molecule has 3 nitrogen and oxygen atoms in total. The van der Waals surface area contributed by atoms with E-state index in [1.54, 1.807) is 24.2 Å². The lowest BCUT2D eigenvalue weighted by atomic mass is 10.2. The number of halogens is 3. The fourth-order valence-electron chi connectivity index (χ4n) is 2.41. The SMILES string of the molecule is Cc1cc(C(F)(F)F)cc(N2CCc3ccncc32)n1. The molecule has 0 aromatic carbocycles. The second-order valence-corrected chi connectivity index (χ2v) is 4.76. The van der Waals surface area contributed by atoms with Gasteiger partial charge in [-0.05, 0) is 37.1 Å². The van der Waals surface area contributed by atoms with Crippen molar-refractivity contribution in [3.05, 3.63) is 47.4 Å². The van der Waals surface area contributed by atoms with E-state index in [0.29, 0.717) is 18.1 Å². The van der Waals surface area contributed by atoms with Crippen molar-refractivity contribution in [3.63, 3.8) is 0 Å². The lowest BCUT2D eigenvalue weighted by molar-refractivity contribution is -0.137. The maximum Gasteiger partial charge on any atom is 0.416 e. The molecule has 0 N–H and O–H groups in total. The summed E-state index contributed by atoms with van der Waals surface area (Å²) in [5.41, 5.74) is 1.60. The monoisotopic (exact) mass is 279 g/mol. The number of nitrogens with zero attached hydrogens (tertiary/aromatic N) is 3. The zero-order chi connectivity index (χ0) is 14.3. The van der Waals surface area contributed by atoms with E-state index in [1.807, 2.05) is 6.07 Å². The minimum atomic E-state index is -4.36. The van der Waals surface area contributed by atoms with Gasteiger partial charge < -0.3 is 4.90 Å². The van der Waals surface area contributed by atoms with E-state index >= 15 is 0 Å². The summed E-state index contributed by atoms with van der Waals surface area (Å²) in [6.07, 6.45) is -0.221. The molecule has 0 unspecified atom stereocenters. The largest absolute Gasteiger partial charge is 0.416 e. The highest BCUT2D eigenvalue weighted by atomic mass is 19.4. The minimum absolute atomic E-state index is 0.323. The van der Waals surface area contributed by atoms with Gasteiger partial charge in [-0.15, -0.1) is 0 Å². The maximum atomic E-state index is 12.9. The van der Waals surface area contributed by atoms with E-state index < -0.39 is 11.7 Å². The van der Waals surface area contributed by atoms with E-state index in [-0.39, 0.29) is 0 Å². The Hall–Kier alpha value is -2.11. The molecule has 1 aliphatic rings. The smallest absolute Gasteiger partial charge is 0.324 e. The Morgan fingerprint density at radius 3 is 2.80 bits per heavy atom. The first-order valence-corrected chi connectivity index (χ1v) is 6.21. The topological polar surface area (TPSA) is 29.0 Å². The molecule has 0 atom stereocenters. The van der Waals surface area contributed by atoms with E-state index in [0.717, 1.165) is 29.8 Å². The standard InChI is InChI=1S/C14H12F3N3/c1-9-6-11(14(15,16)17)7-13(19-9)20-5-3-10-2-4-18-8-12(10)20/h2,4,6-8H,3,5H2,1H3. The molecule has 104 valence electrons. The minimum Gasteiger partial charge on any atom is -0.324 e. The van der Waals surface area contributed by atoms with Gasteiger partial charge in [-0.1, -0.05) is 0 Å². The highest BCUT2D eigenvalue weighted by Crippen LogP contribution is 2.36. The lowest BCUT2D eigenvalue weighted by Gasteiger charge is -2.20. The third-order valence-electron chi connectivity index (χ3n) is 3.33. The number of anilines is 2. The molecule has 0 bridgehead atoms. The fourth-order valence-corrected chi connectivity index (χ4v) is 2.41. The van der Waals surface area contributed by atoms with E-state index in [2.05, 4.69) is 9.97 Å². The Kier molecular flexibility index (Phi) is 2.88. The van der Waals surface area contributed by atoms with Gasteiger partial charge in [-0.25, -0.2) is 4.98 Å². The number of alkyl halides is 3. The van der Waals surface area contributed by atoms with Crippen molar-refractivity contribution in [2.45, 2.75) is 19.5 Å². The Morgan fingerprint density at radius 1 is 1.25 bits per heavy atom. The van der Waals surface area contributed by atoms with Gasteiger partial charge >= 0.3 is 6.18 Å². The molecule has 3 rings (SSSR count). The zero-order valence-electron chi connectivity index (χ0n) is 10.8. The Morgan fingerprint density at radius 2 is 2.05 bits per heavy atom. The van der Waals surface area contributed by atoms with E-state index in [1.165, 1.54) is 0 Å². The molecule has 1 aliphatic heterocycles. The Labute approximate surface area is 114 Å². The second kappa shape index (κ2) is 4.47. The molecule has 6 heteroatoms. The predicted molar refractivity (Wildman–Crippen MR) is 68.9 cm³/mol. The van der Waals surface area contributed by atoms with Gasteiger partial charge in [0, 0.05) is 18.4 Å². The van der Waals surface area contributed by atoms with Crippen molar-refractivity contribution in [2.24, 2.45) is 0 Å². The van der Waals surface area contributed by atoms with Crippen molar-refractivity contribution in [1.29, 1.82) is 0 Å². The molecule has 0 fully saturated rings. The molecule has 20 heavy (non-hydrogen) atoms. The quantitative estimate of drug-likeness (QED) is 0.800. The van der Waals surface area contributed by atoms with E-state index in [4.69, 9.17) is 0 Å². The van der Waals surface area contributed by atoms with Crippen LogP contribution in [0.2, 0.25) is 0 Å². The number of pyridine rings is 2. The van der Waals surface area contributed by atoms with E-state index in [9.17, 15) is 13.2 Å². The van der Waals surface area contributed by atoms with Crippen molar-refractivity contribution in [2.75, 3.05) is 11.4 Å². The van der Waals surface area contributed by atoms with Gasteiger partial charge in [0.15, 0.2) is 0 Å². The predicted octanol–water partition coefficient (Wildman–Crippen LogP) is 3.50. The summed E-state index contributed by atoms with van der Waals surface area (Å²) in [6, 6.07) is 4.04. The van der Waals surface area contributed by atoms with Gasteiger partial charge in [0.1, 0.15) is 5.82 Å². The van der Waals surface area contributed by atoms with Crippen molar-refractivity contribution >= 4 is 11.5 Å². The van der Waals surface area contributed by atoms with Crippen LogP contribution < -0.4 is 4.90 Å². The Balaban J connectivity index is 2.06. The Bertz CT molecular complexity index is 652. The summed E-state index contributed by atoms with van der Waals surface area (Å²) in [5, 5.41) is 0. The first-order chi connectivity index (χ1) is 9.45. The van der Waals surface area contributed by atoms with Crippen LogP contribution in [0.5, 0.6) is 0 Å². The van der Waals surface area contributed by atoms with Crippen LogP contribution >= 0.6 is 0 Å². The number of rotatable bonds is 1. The molecule has 0 saturated carbocycles. The van der Waals surface area contributed by atoms with Crippen LogP contribution in [0, 0.1) is 6.92 Å². The number of fused-ring (bicyclic) bond motifs is 1. The van der Waals surface area contributed by atoms with Gasteiger partial charge in [0.2, 0.25) is 0 Å². The number of hydrogen-bond donors (Lipinski definition) is 0. The van der Waals surface area contributed by atoms with Crippen molar-refractivity contribution in [1.82, 2.24) is 9.97 Å². The summed E-state index contributed by atoms with van der Waals surface area (Å²) in [5.74, 6) is 0.323.